The summed E-state index contributed by atoms with van der Waals surface area (Å²) in [5, 5.41) is 0. The van der Waals surface area contributed by atoms with Gasteiger partial charge in [0.2, 0.25) is 0 Å². The first-order valence-corrected chi connectivity index (χ1v) is 13.9. The maximum atomic E-state index is 13.3. The molecule has 0 saturated carbocycles. The van der Waals surface area contributed by atoms with Gasteiger partial charge in [-0.15, -0.1) is 0 Å². The molecule has 0 radical (unpaired) electrons. The minimum Gasteiger partial charge on any atom is -0.379 e. The predicted octanol–water partition coefficient (Wildman–Crippen LogP) is 7.26. The van der Waals surface area contributed by atoms with Crippen LogP contribution in [0.4, 0.5) is 13.2 Å². The fourth-order valence-electron chi connectivity index (χ4n) is 3.94. The number of rotatable bonds is 11. The lowest BCUT2D eigenvalue weighted by atomic mass is 10.0. The zero-order valence-electron chi connectivity index (χ0n) is 21.7. The third kappa shape index (κ3) is 7.84. The summed E-state index contributed by atoms with van der Waals surface area (Å²) < 4.78 is 69.6. The van der Waals surface area contributed by atoms with Crippen molar-refractivity contribution in [3.8, 4) is 5.75 Å². The quantitative estimate of drug-likeness (QED) is 0.187. The van der Waals surface area contributed by atoms with Crippen LogP contribution < -0.4 is 4.18 Å². The van der Waals surface area contributed by atoms with Crippen molar-refractivity contribution < 1.29 is 30.6 Å². The van der Waals surface area contributed by atoms with E-state index < -0.39 is 26.8 Å². The molecule has 3 rings (SSSR count). The largest absolute Gasteiger partial charge is 0.416 e. The van der Waals surface area contributed by atoms with E-state index >= 15 is 0 Å². The molecule has 5 nitrogen and oxygen atoms in total. The molecule has 0 bridgehead atoms. The lowest BCUT2D eigenvalue weighted by Gasteiger charge is -2.27. The third-order valence-corrected chi connectivity index (χ3v) is 7.30. The zero-order valence-corrected chi connectivity index (χ0v) is 22.5. The minimum atomic E-state index is -4.69. The monoisotopic (exact) mass is 547 g/mol. The van der Waals surface area contributed by atoms with E-state index in [1.54, 1.807) is 17.0 Å². The van der Waals surface area contributed by atoms with Crippen molar-refractivity contribution in [2.75, 3.05) is 0 Å². The van der Waals surface area contributed by atoms with Crippen LogP contribution in [0, 0.1) is 0 Å². The summed E-state index contributed by atoms with van der Waals surface area (Å²) in [4.78, 5) is 14.3. The molecule has 0 saturated heterocycles. The Morgan fingerprint density at radius 3 is 2.24 bits per heavy atom. The molecular formula is C29H32F3NO4S. The van der Waals surface area contributed by atoms with Gasteiger partial charge in [-0.05, 0) is 80.3 Å². The molecule has 0 atom stereocenters. The van der Waals surface area contributed by atoms with Crippen LogP contribution in [0.5, 0.6) is 5.75 Å². The van der Waals surface area contributed by atoms with Crippen molar-refractivity contribution in [2.24, 2.45) is 0 Å². The highest BCUT2D eigenvalue weighted by Gasteiger charge is 2.32. The van der Waals surface area contributed by atoms with E-state index in [-0.39, 0.29) is 24.2 Å². The highest BCUT2D eigenvalue weighted by atomic mass is 32.2. The molecule has 1 amide bonds. The first kappa shape index (κ1) is 29.2. The molecule has 3 aromatic carbocycles. The van der Waals surface area contributed by atoms with E-state index in [9.17, 15) is 26.4 Å². The molecule has 38 heavy (non-hydrogen) atoms. The topological polar surface area (TPSA) is 63.7 Å². The second-order valence-corrected chi connectivity index (χ2v) is 10.9. The first-order valence-electron chi connectivity index (χ1n) is 12.5. The van der Waals surface area contributed by atoms with Crippen molar-refractivity contribution in [2.45, 2.75) is 70.1 Å². The molecule has 3 aromatic rings. The first-order chi connectivity index (χ1) is 17.9. The van der Waals surface area contributed by atoms with E-state index in [2.05, 4.69) is 6.92 Å². The number of amides is 1. The summed E-state index contributed by atoms with van der Waals surface area (Å²) in [6.45, 7) is 6.11. The maximum absolute atomic E-state index is 13.3. The van der Waals surface area contributed by atoms with Crippen molar-refractivity contribution in [3.05, 3.63) is 95.1 Å². The van der Waals surface area contributed by atoms with Crippen LogP contribution in [0.2, 0.25) is 0 Å². The number of carbonyl (C=O) groups is 1. The Kier molecular flexibility index (Phi) is 9.60. The average Bonchev–Trinajstić information content (AvgIpc) is 2.87. The van der Waals surface area contributed by atoms with Gasteiger partial charge in [0.25, 0.3) is 5.91 Å². The van der Waals surface area contributed by atoms with Gasteiger partial charge in [0.15, 0.2) is 0 Å². The highest BCUT2D eigenvalue weighted by molar-refractivity contribution is 7.87. The predicted molar refractivity (Wildman–Crippen MR) is 140 cm³/mol. The number of nitrogens with zero attached hydrogens (tertiary/aromatic N) is 1. The smallest absolute Gasteiger partial charge is 0.379 e. The van der Waals surface area contributed by atoms with Gasteiger partial charge in [-0.2, -0.15) is 21.6 Å². The molecule has 0 aliphatic carbocycles. The summed E-state index contributed by atoms with van der Waals surface area (Å²) >= 11 is 0. The fourth-order valence-corrected chi connectivity index (χ4v) is 4.91. The molecule has 0 aliphatic rings. The molecule has 0 aliphatic heterocycles. The minimum absolute atomic E-state index is 0.0625. The van der Waals surface area contributed by atoms with Crippen LogP contribution in [0.15, 0.2) is 77.7 Å². The molecule has 0 N–H and O–H groups in total. The number of halogens is 3. The standard InChI is InChI=1S/C29H32F3NO4S/c1-4-5-6-9-22-14-16-24(17-15-22)28(34)33(21(2)3)20-23-10-7-12-26(18-23)37-38(35,36)27-13-8-11-25(19-27)29(30,31)32/h7-8,10-19,21H,4-6,9,20H2,1-3H3. The van der Waals surface area contributed by atoms with Gasteiger partial charge in [-0.3, -0.25) is 4.79 Å². The molecule has 0 unspecified atom stereocenters. The number of unbranched alkanes of at least 4 members (excludes halogenated alkanes) is 2. The Labute approximate surface area is 222 Å². The van der Waals surface area contributed by atoms with Crippen molar-refractivity contribution in [1.29, 1.82) is 0 Å². The Morgan fingerprint density at radius 2 is 1.61 bits per heavy atom. The van der Waals surface area contributed by atoms with E-state index in [1.807, 2.05) is 38.1 Å². The van der Waals surface area contributed by atoms with Crippen LogP contribution >= 0.6 is 0 Å². The normalized spacial score (nSPS) is 12.0. The summed E-state index contributed by atoms with van der Waals surface area (Å²) in [7, 11) is -4.51. The third-order valence-electron chi connectivity index (χ3n) is 6.06. The van der Waals surface area contributed by atoms with Crippen molar-refractivity contribution in [3.63, 3.8) is 0 Å². The number of benzene rings is 3. The highest BCUT2D eigenvalue weighted by Crippen LogP contribution is 2.31. The summed E-state index contributed by atoms with van der Waals surface area (Å²) in [5.74, 6) is -0.226. The van der Waals surface area contributed by atoms with Crippen molar-refractivity contribution >= 4 is 16.0 Å². The average molecular weight is 548 g/mol. The Balaban J connectivity index is 1.75. The number of hydrogen-bond acceptors (Lipinski definition) is 4. The fraction of sp³-hybridized carbons (Fsp3) is 0.345. The maximum Gasteiger partial charge on any atom is 0.416 e. The Hall–Kier alpha value is -3.33. The number of aryl methyl sites for hydroxylation is 1. The van der Waals surface area contributed by atoms with Gasteiger partial charge in [0.05, 0.1) is 5.56 Å². The van der Waals surface area contributed by atoms with Crippen LogP contribution in [0.3, 0.4) is 0 Å². The van der Waals surface area contributed by atoms with Gasteiger partial charge in [0.1, 0.15) is 10.6 Å². The summed E-state index contributed by atoms with van der Waals surface area (Å²) in [5.41, 5.74) is 1.26. The molecular weight excluding hydrogens is 515 g/mol. The van der Waals surface area contributed by atoms with Gasteiger partial charge < -0.3 is 9.08 Å². The molecule has 0 fully saturated rings. The van der Waals surface area contributed by atoms with E-state index in [0.717, 1.165) is 43.9 Å². The number of hydrogen-bond donors (Lipinski definition) is 0. The van der Waals surface area contributed by atoms with Gasteiger partial charge in [0, 0.05) is 18.2 Å². The molecule has 0 spiro atoms. The second kappa shape index (κ2) is 12.5. The molecule has 0 heterocycles. The van der Waals surface area contributed by atoms with E-state index in [4.69, 9.17) is 4.18 Å². The molecule has 204 valence electrons. The van der Waals surface area contributed by atoms with Crippen LogP contribution in [-0.4, -0.2) is 25.3 Å². The van der Waals surface area contributed by atoms with Crippen LogP contribution in [0.1, 0.15) is 67.1 Å². The number of carbonyl (C=O) groups excluding carboxylic acids is 1. The van der Waals surface area contributed by atoms with E-state index in [1.165, 1.54) is 17.7 Å². The molecule has 9 heteroatoms. The number of alkyl halides is 3. The lowest BCUT2D eigenvalue weighted by Crippen LogP contribution is -2.36. The van der Waals surface area contributed by atoms with Gasteiger partial charge in [-0.25, -0.2) is 0 Å². The second-order valence-electron chi connectivity index (χ2n) is 9.39. The molecule has 0 aromatic heterocycles. The SMILES string of the molecule is CCCCCc1ccc(C(=O)N(Cc2cccc(OS(=O)(=O)c3cccc(C(F)(F)F)c3)c2)C(C)C)cc1. The van der Waals surface area contributed by atoms with Crippen LogP contribution in [0.25, 0.3) is 0 Å². The van der Waals surface area contributed by atoms with Gasteiger partial charge >= 0.3 is 16.3 Å². The van der Waals surface area contributed by atoms with E-state index in [0.29, 0.717) is 17.2 Å². The lowest BCUT2D eigenvalue weighted by molar-refractivity contribution is -0.137. The van der Waals surface area contributed by atoms with Crippen molar-refractivity contribution in [1.82, 2.24) is 4.90 Å². The van der Waals surface area contributed by atoms with Crippen LogP contribution in [-0.2, 0) is 29.3 Å². The van der Waals surface area contributed by atoms with Gasteiger partial charge in [-0.1, -0.05) is 50.1 Å². The Bertz CT molecular complexity index is 1340. The Morgan fingerprint density at radius 1 is 0.921 bits per heavy atom. The summed E-state index contributed by atoms with van der Waals surface area (Å²) in [6, 6.07) is 17.0. The zero-order chi connectivity index (χ0) is 27.9. The summed E-state index contributed by atoms with van der Waals surface area (Å²) in [6.07, 6.45) is -0.320.